The summed E-state index contributed by atoms with van der Waals surface area (Å²) in [4.78, 5) is 8.06. The maximum atomic E-state index is 4.66. The first-order valence-electron chi connectivity index (χ1n) is 7.07. The van der Waals surface area contributed by atoms with Crippen LogP contribution in [0.2, 0.25) is 0 Å². The summed E-state index contributed by atoms with van der Waals surface area (Å²) < 4.78 is 0. The zero-order valence-corrected chi connectivity index (χ0v) is 12.8. The van der Waals surface area contributed by atoms with Gasteiger partial charge in [-0.15, -0.1) is 0 Å². The van der Waals surface area contributed by atoms with Crippen molar-refractivity contribution in [3.05, 3.63) is 24.3 Å². The third-order valence-electron chi connectivity index (χ3n) is 3.45. The van der Waals surface area contributed by atoms with Crippen molar-refractivity contribution in [1.82, 2.24) is 15.3 Å². The number of nitrogens with zero attached hydrogens (tertiary/aromatic N) is 1. The summed E-state index contributed by atoms with van der Waals surface area (Å²) in [5.41, 5.74) is 2.17. The fraction of sp³-hybridized carbons (Fsp3) is 0.533. The number of nitrogens with one attached hydrogen (secondary N) is 2. The molecule has 0 bridgehead atoms. The average Bonchev–Trinajstić information content (AvgIpc) is 2.85. The van der Waals surface area contributed by atoms with Crippen molar-refractivity contribution in [1.29, 1.82) is 0 Å². The lowest BCUT2D eigenvalue weighted by Gasteiger charge is -2.24. The molecule has 3 nitrogen and oxygen atoms in total. The summed E-state index contributed by atoms with van der Waals surface area (Å²) >= 11 is 1.86. The van der Waals surface area contributed by atoms with Crippen molar-refractivity contribution in [2.75, 3.05) is 7.05 Å². The van der Waals surface area contributed by atoms with Crippen LogP contribution in [-0.4, -0.2) is 28.3 Å². The summed E-state index contributed by atoms with van der Waals surface area (Å²) in [6.07, 6.45) is 3.57. The fourth-order valence-corrected chi connectivity index (χ4v) is 3.62. The van der Waals surface area contributed by atoms with Gasteiger partial charge in [0.25, 0.3) is 0 Å². The van der Waals surface area contributed by atoms with E-state index in [4.69, 9.17) is 0 Å². The third kappa shape index (κ3) is 3.51. The van der Waals surface area contributed by atoms with Gasteiger partial charge in [0.05, 0.1) is 11.0 Å². The van der Waals surface area contributed by atoms with Crippen LogP contribution in [0.5, 0.6) is 0 Å². The molecule has 0 saturated heterocycles. The number of fused-ring (bicyclic) bond motifs is 1. The van der Waals surface area contributed by atoms with E-state index >= 15 is 0 Å². The van der Waals surface area contributed by atoms with Crippen LogP contribution < -0.4 is 5.32 Å². The number of hydrogen-bond donors (Lipinski definition) is 2. The summed E-state index contributed by atoms with van der Waals surface area (Å²) in [6.45, 7) is 4.49. The van der Waals surface area contributed by atoms with Crippen LogP contribution in [0.15, 0.2) is 29.4 Å². The second-order valence-corrected chi connectivity index (χ2v) is 6.04. The smallest absolute Gasteiger partial charge is 0.166 e. The molecule has 2 N–H and O–H groups in total. The van der Waals surface area contributed by atoms with Gasteiger partial charge in [0.1, 0.15) is 0 Å². The molecule has 1 aromatic heterocycles. The van der Waals surface area contributed by atoms with Gasteiger partial charge in [-0.3, -0.25) is 0 Å². The highest BCUT2D eigenvalue weighted by atomic mass is 32.2. The maximum Gasteiger partial charge on any atom is 0.166 e. The number of rotatable bonds is 7. The Bertz CT molecular complexity index is 476. The molecule has 19 heavy (non-hydrogen) atoms. The van der Waals surface area contributed by atoms with E-state index in [1.807, 2.05) is 23.9 Å². The molecule has 0 spiro atoms. The zero-order valence-electron chi connectivity index (χ0n) is 11.9. The van der Waals surface area contributed by atoms with E-state index in [0.717, 1.165) is 22.6 Å². The highest BCUT2D eigenvalue weighted by molar-refractivity contribution is 7.99. The van der Waals surface area contributed by atoms with Gasteiger partial charge in [-0.1, -0.05) is 44.2 Å². The van der Waals surface area contributed by atoms with Crippen molar-refractivity contribution in [2.45, 2.75) is 49.6 Å². The Hall–Kier alpha value is -1.00. The number of aromatic nitrogens is 2. The minimum atomic E-state index is 0.549. The maximum absolute atomic E-state index is 4.66. The molecule has 2 unspecified atom stereocenters. The molecule has 0 aliphatic heterocycles. The van der Waals surface area contributed by atoms with Gasteiger partial charge in [0.15, 0.2) is 5.16 Å². The molecule has 0 saturated carbocycles. The molecule has 1 aromatic carbocycles. The lowest BCUT2D eigenvalue weighted by molar-refractivity contribution is 0.489. The second-order valence-electron chi connectivity index (χ2n) is 4.81. The number of thioether (sulfide) groups is 1. The molecule has 104 valence electrons. The first-order chi connectivity index (χ1) is 9.28. The molecule has 1 heterocycles. The Balaban J connectivity index is 2.12. The molecule has 2 aromatic rings. The van der Waals surface area contributed by atoms with Crippen LogP contribution in [0.25, 0.3) is 11.0 Å². The highest BCUT2D eigenvalue weighted by Crippen LogP contribution is 2.28. The Morgan fingerprint density at radius 3 is 2.74 bits per heavy atom. The minimum absolute atomic E-state index is 0.549. The van der Waals surface area contributed by atoms with Crippen LogP contribution in [0.1, 0.15) is 33.1 Å². The summed E-state index contributed by atoms with van der Waals surface area (Å²) in [6, 6.07) is 8.75. The van der Waals surface area contributed by atoms with Crippen LogP contribution in [-0.2, 0) is 0 Å². The predicted octanol–water partition coefficient (Wildman–Crippen LogP) is 3.82. The second kappa shape index (κ2) is 6.96. The zero-order chi connectivity index (χ0) is 13.7. The predicted molar refractivity (Wildman–Crippen MR) is 83.8 cm³/mol. The Labute approximate surface area is 119 Å². The van der Waals surface area contributed by atoms with E-state index in [1.165, 1.54) is 12.8 Å². The molecule has 0 aliphatic carbocycles. The van der Waals surface area contributed by atoms with Crippen LogP contribution in [0.4, 0.5) is 0 Å². The monoisotopic (exact) mass is 277 g/mol. The average molecular weight is 277 g/mol. The molecule has 4 heteroatoms. The highest BCUT2D eigenvalue weighted by Gasteiger charge is 2.20. The van der Waals surface area contributed by atoms with Gasteiger partial charge in [-0.05, 0) is 32.0 Å². The van der Waals surface area contributed by atoms with Gasteiger partial charge >= 0.3 is 0 Å². The molecule has 2 rings (SSSR count). The number of imidazole rings is 1. The largest absolute Gasteiger partial charge is 0.333 e. The summed E-state index contributed by atoms with van der Waals surface area (Å²) in [7, 11) is 2.06. The van der Waals surface area contributed by atoms with Crippen LogP contribution >= 0.6 is 11.8 Å². The molecule has 0 amide bonds. The van der Waals surface area contributed by atoms with Crippen molar-refractivity contribution in [2.24, 2.45) is 0 Å². The van der Waals surface area contributed by atoms with E-state index in [1.54, 1.807) is 0 Å². The molecule has 2 atom stereocenters. The number of para-hydroxylation sites is 2. The number of aromatic amines is 1. The first kappa shape index (κ1) is 14.4. The first-order valence-corrected chi connectivity index (χ1v) is 7.95. The molecule has 0 aliphatic rings. The van der Waals surface area contributed by atoms with Gasteiger partial charge in [0, 0.05) is 11.3 Å². The van der Waals surface area contributed by atoms with E-state index in [9.17, 15) is 0 Å². The molecule has 0 fully saturated rings. The fourth-order valence-electron chi connectivity index (χ4n) is 2.41. The van der Waals surface area contributed by atoms with Crippen molar-refractivity contribution < 1.29 is 0 Å². The van der Waals surface area contributed by atoms with Crippen molar-refractivity contribution in [3.63, 3.8) is 0 Å². The lowest BCUT2D eigenvalue weighted by Crippen LogP contribution is -2.35. The van der Waals surface area contributed by atoms with Gasteiger partial charge in [0.2, 0.25) is 0 Å². The van der Waals surface area contributed by atoms with E-state index < -0.39 is 0 Å². The lowest BCUT2D eigenvalue weighted by atomic mass is 10.1. The number of H-pyrrole nitrogens is 1. The third-order valence-corrected chi connectivity index (χ3v) is 4.83. The van der Waals surface area contributed by atoms with Gasteiger partial charge in [-0.2, -0.15) is 0 Å². The van der Waals surface area contributed by atoms with Crippen LogP contribution in [0, 0.1) is 0 Å². The van der Waals surface area contributed by atoms with Crippen molar-refractivity contribution in [3.8, 4) is 0 Å². The van der Waals surface area contributed by atoms with E-state index in [-0.39, 0.29) is 0 Å². The van der Waals surface area contributed by atoms with E-state index in [2.05, 4.69) is 48.3 Å². The Morgan fingerprint density at radius 1 is 1.32 bits per heavy atom. The number of hydrogen-bond acceptors (Lipinski definition) is 3. The molecular weight excluding hydrogens is 254 g/mol. The van der Waals surface area contributed by atoms with Gasteiger partial charge in [-0.25, -0.2) is 4.98 Å². The van der Waals surface area contributed by atoms with Gasteiger partial charge < -0.3 is 10.3 Å². The Morgan fingerprint density at radius 2 is 2.11 bits per heavy atom. The molecular formula is C15H23N3S. The summed E-state index contributed by atoms with van der Waals surface area (Å²) in [5.74, 6) is 0. The van der Waals surface area contributed by atoms with Crippen molar-refractivity contribution >= 4 is 22.8 Å². The molecule has 0 radical (unpaired) electrons. The standard InChI is InChI=1S/C15H23N3S/c1-4-8-13(16-3)14(5-2)19-15-17-11-9-6-7-10-12(11)18-15/h6-7,9-10,13-14,16H,4-5,8H2,1-3H3,(H,17,18). The quantitative estimate of drug-likeness (QED) is 0.756. The summed E-state index contributed by atoms with van der Waals surface area (Å²) in [5, 5.41) is 5.04. The topological polar surface area (TPSA) is 40.7 Å². The SMILES string of the molecule is CCCC(NC)C(CC)Sc1nc2ccccc2[nH]1. The minimum Gasteiger partial charge on any atom is -0.333 e. The van der Waals surface area contributed by atoms with Crippen LogP contribution in [0.3, 0.4) is 0 Å². The van der Waals surface area contributed by atoms with E-state index in [0.29, 0.717) is 11.3 Å². The number of benzene rings is 1. The normalized spacial score (nSPS) is 14.7. The Kier molecular flexibility index (Phi) is 5.28.